The minimum atomic E-state index is 0.750. The second-order valence-corrected chi connectivity index (χ2v) is 5.65. The minimum absolute atomic E-state index is 0.750. The van der Waals surface area contributed by atoms with Crippen molar-refractivity contribution in [2.24, 2.45) is 5.92 Å². The molecule has 0 spiro atoms. The number of aromatic nitrogens is 2. The van der Waals surface area contributed by atoms with Gasteiger partial charge in [0.05, 0.1) is 11.0 Å². The summed E-state index contributed by atoms with van der Waals surface area (Å²) in [5, 5.41) is 0.750. The standard InChI is InChI=1S/C13H15ClN2S/c14-10-4-5-12-11(8-10)15-13(17)16(12)7-6-9-2-1-3-9/h4-5,8-9H,1-3,6-7H2,(H,15,17). The van der Waals surface area contributed by atoms with Gasteiger partial charge in [-0.05, 0) is 42.8 Å². The number of nitrogens with one attached hydrogen (secondary N) is 1. The number of hydrogen-bond acceptors (Lipinski definition) is 1. The Balaban J connectivity index is 1.91. The number of fused-ring (bicyclic) bond motifs is 1. The van der Waals surface area contributed by atoms with Crippen LogP contribution in [-0.4, -0.2) is 9.55 Å². The summed E-state index contributed by atoms with van der Waals surface area (Å²) in [4.78, 5) is 3.22. The van der Waals surface area contributed by atoms with Crippen LogP contribution in [0.25, 0.3) is 11.0 Å². The van der Waals surface area contributed by atoms with Crippen molar-refractivity contribution in [3.8, 4) is 0 Å². The monoisotopic (exact) mass is 266 g/mol. The van der Waals surface area contributed by atoms with Crippen LogP contribution >= 0.6 is 23.8 Å². The second-order valence-electron chi connectivity index (χ2n) is 4.83. The Morgan fingerprint density at radius 2 is 2.24 bits per heavy atom. The van der Waals surface area contributed by atoms with E-state index in [0.29, 0.717) is 0 Å². The number of aryl methyl sites for hydroxylation is 1. The van der Waals surface area contributed by atoms with E-state index in [0.717, 1.165) is 27.8 Å². The highest BCUT2D eigenvalue weighted by Gasteiger charge is 2.17. The van der Waals surface area contributed by atoms with Crippen LogP contribution in [0, 0.1) is 10.7 Å². The lowest BCUT2D eigenvalue weighted by molar-refractivity contribution is 0.283. The molecule has 1 fully saturated rings. The Morgan fingerprint density at radius 3 is 2.94 bits per heavy atom. The molecule has 2 aromatic rings. The van der Waals surface area contributed by atoms with E-state index in [-0.39, 0.29) is 0 Å². The third kappa shape index (κ3) is 2.14. The SMILES string of the molecule is S=c1[nH]c2cc(Cl)ccc2n1CCC1CCC1. The van der Waals surface area contributed by atoms with E-state index in [9.17, 15) is 0 Å². The van der Waals surface area contributed by atoms with Crippen LogP contribution in [0.2, 0.25) is 5.02 Å². The smallest absolute Gasteiger partial charge is 0.178 e. The highest BCUT2D eigenvalue weighted by Crippen LogP contribution is 2.30. The zero-order valence-electron chi connectivity index (χ0n) is 9.58. The molecule has 3 rings (SSSR count). The Labute approximate surface area is 111 Å². The summed E-state index contributed by atoms with van der Waals surface area (Å²) in [6, 6.07) is 5.91. The Kier molecular flexibility index (Phi) is 2.97. The van der Waals surface area contributed by atoms with Gasteiger partial charge < -0.3 is 9.55 Å². The number of benzene rings is 1. The second kappa shape index (κ2) is 4.46. The molecule has 90 valence electrons. The van der Waals surface area contributed by atoms with Crippen LogP contribution in [0.5, 0.6) is 0 Å². The van der Waals surface area contributed by atoms with Crippen LogP contribution < -0.4 is 0 Å². The number of hydrogen-bond donors (Lipinski definition) is 1. The largest absolute Gasteiger partial charge is 0.331 e. The van der Waals surface area contributed by atoms with Crippen molar-refractivity contribution >= 4 is 34.9 Å². The van der Waals surface area contributed by atoms with Crippen molar-refractivity contribution < 1.29 is 0 Å². The molecule has 1 aromatic carbocycles. The number of nitrogens with zero attached hydrogens (tertiary/aromatic N) is 1. The molecular formula is C13H15ClN2S. The molecule has 2 nitrogen and oxygen atoms in total. The highest BCUT2D eigenvalue weighted by atomic mass is 35.5. The summed E-state index contributed by atoms with van der Waals surface area (Å²) in [6.45, 7) is 1.02. The summed E-state index contributed by atoms with van der Waals surface area (Å²) in [5.41, 5.74) is 2.20. The molecule has 0 radical (unpaired) electrons. The molecule has 0 bridgehead atoms. The van der Waals surface area contributed by atoms with Crippen molar-refractivity contribution in [2.45, 2.75) is 32.2 Å². The maximum absolute atomic E-state index is 5.98. The molecule has 1 N–H and O–H groups in total. The van der Waals surface area contributed by atoms with Crippen LogP contribution in [0.1, 0.15) is 25.7 Å². The first-order chi connectivity index (χ1) is 8.24. The number of imidazole rings is 1. The molecule has 1 aliphatic carbocycles. The fourth-order valence-corrected chi connectivity index (χ4v) is 2.92. The number of H-pyrrole nitrogens is 1. The average Bonchev–Trinajstić information content (AvgIpc) is 2.52. The van der Waals surface area contributed by atoms with E-state index in [4.69, 9.17) is 23.8 Å². The molecule has 0 atom stereocenters. The Hall–Kier alpha value is -0.800. The molecule has 1 heterocycles. The van der Waals surface area contributed by atoms with Gasteiger partial charge in [0, 0.05) is 11.6 Å². The zero-order valence-corrected chi connectivity index (χ0v) is 11.2. The predicted molar refractivity (Wildman–Crippen MR) is 74.1 cm³/mol. The van der Waals surface area contributed by atoms with Crippen molar-refractivity contribution in [3.05, 3.63) is 28.0 Å². The third-order valence-corrected chi connectivity index (χ3v) is 4.28. The van der Waals surface area contributed by atoms with Gasteiger partial charge in [-0.15, -0.1) is 0 Å². The average molecular weight is 267 g/mol. The summed E-state index contributed by atoms with van der Waals surface area (Å²) in [7, 11) is 0. The molecule has 1 aromatic heterocycles. The van der Waals surface area contributed by atoms with Gasteiger partial charge in [0.2, 0.25) is 0 Å². The lowest BCUT2D eigenvalue weighted by atomic mass is 9.83. The fourth-order valence-electron chi connectivity index (χ4n) is 2.45. The summed E-state index contributed by atoms with van der Waals surface area (Å²) in [6.07, 6.45) is 5.42. The molecular weight excluding hydrogens is 252 g/mol. The van der Waals surface area contributed by atoms with E-state index < -0.39 is 0 Å². The van der Waals surface area contributed by atoms with E-state index in [1.165, 1.54) is 31.2 Å². The topological polar surface area (TPSA) is 20.7 Å². The van der Waals surface area contributed by atoms with Crippen LogP contribution in [-0.2, 0) is 6.54 Å². The van der Waals surface area contributed by atoms with E-state index >= 15 is 0 Å². The number of rotatable bonds is 3. The quantitative estimate of drug-likeness (QED) is 0.809. The summed E-state index contributed by atoms with van der Waals surface area (Å²) >= 11 is 11.3. The third-order valence-electron chi connectivity index (χ3n) is 3.72. The lowest BCUT2D eigenvalue weighted by Gasteiger charge is -2.25. The molecule has 0 amide bonds. The van der Waals surface area contributed by atoms with Crippen LogP contribution in [0.4, 0.5) is 0 Å². The number of aromatic amines is 1. The van der Waals surface area contributed by atoms with Crippen molar-refractivity contribution in [3.63, 3.8) is 0 Å². The lowest BCUT2D eigenvalue weighted by Crippen LogP contribution is -2.13. The normalized spacial score (nSPS) is 16.3. The van der Waals surface area contributed by atoms with Gasteiger partial charge in [0.15, 0.2) is 4.77 Å². The molecule has 1 aliphatic rings. The highest BCUT2D eigenvalue weighted by molar-refractivity contribution is 7.71. The van der Waals surface area contributed by atoms with Gasteiger partial charge in [0.1, 0.15) is 0 Å². The molecule has 0 aliphatic heterocycles. The first-order valence-corrected chi connectivity index (χ1v) is 6.91. The zero-order chi connectivity index (χ0) is 11.8. The van der Waals surface area contributed by atoms with Crippen molar-refractivity contribution in [1.82, 2.24) is 9.55 Å². The van der Waals surface area contributed by atoms with Crippen molar-refractivity contribution in [2.75, 3.05) is 0 Å². The molecule has 17 heavy (non-hydrogen) atoms. The Morgan fingerprint density at radius 1 is 1.41 bits per heavy atom. The van der Waals surface area contributed by atoms with E-state index in [1.807, 2.05) is 18.2 Å². The van der Waals surface area contributed by atoms with Crippen LogP contribution in [0.3, 0.4) is 0 Å². The molecule has 0 unspecified atom stereocenters. The molecule has 0 saturated heterocycles. The Bertz CT molecular complexity index is 595. The summed E-state index contributed by atoms with van der Waals surface area (Å²) < 4.78 is 3.00. The van der Waals surface area contributed by atoms with E-state index in [2.05, 4.69) is 9.55 Å². The van der Waals surface area contributed by atoms with Gasteiger partial charge in [-0.1, -0.05) is 30.9 Å². The van der Waals surface area contributed by atoms with Crippen molar-refractivity contribution in [1.29, 1.82) is 0 Å². The maximum atomic E-state index is 5.98. The van der Waals surface area contributed by atoms with Gasteiger partial charge in [0.25, 0.3) is 0 Å². The van der Waals surface area contributed by atoms with Gasteiger partial charge >= 0.3 is 0 Å². The minimum Gasteiger partial charge on any atom is -0.331 e. The van der Waals surface area contributed by atoms with Gasteiger partial charge in [-0.3, -0.25) is 0 Å². The first-order valence-electron chi connectivity index (χ1n) is 6.12. The summed E-state index contributed by atoms with van der Waals surface area (Å²) in [5.74, 6) is 0.911. The first kappa shape index (κ1) is 11.3. The van der Waals surface area contributed by atoms with Crippen LogP contribution in [0.15, 0.2) is 18.2 Å². The van der Waals surface area contributed by atoms with Gasteiger partial charge in [-0.2, -0.15) is 0 Å². The predicted octanol–water partition coefficient (Wildman–Crippen LogP) is 4.54. The van der Waals surface area contributed by atoms with Gasteiger partial charge in [-0.25, -0.2) is 0 Å². The molecule has 1 saturated carbocycles. The number of halogens is 1. The molecule has 4 heteroatoms. The fraction of sp³-hybridized carbons (Fsp3) is 0.462. The van der Waals surface area contributed by atoms with E-state index in [1.54, 1.807) is 0 Å². The maximum Gasteiger partial charge on any atom is 0.178 e.